The summed E-state index contributed by atoms with van der Waals surface area (Å²) in [6.07, 6.45) is 0.598. The third-order valence-electron chi connectivity index (χ3n) is 3.48. The van der Waals surface area contributed by atoms with Crippen molar-refractivity contribution in [2.24, 2.45) is 0 Å². The van der Waals surface area contributed by atoms with Crippen molar-refractivity contribution in [1.29, 1.82) is 0 Å². The van der Waals surface area contributed by atoms with E-state index < -0.39 is 21.6 Å². The topological polar surface area (TPSA) is 102 Å². The van der Waals surface area contributed by atoms with E-state index in [4.69, 9.17) is 14.6 Å². The van der Waals surface area contributed by atoms with Crippen LogP contribution in [0.2, 0.25) is 0 Å². The second kappa shape index (κ2) is 6.10. The lowest BCUT2D eigenvalue weighted by Crippen LogP contribution is -2.44. The first-order valence-electron chi connectivity index (χ1n) is 6.34. The summed E-state index contributed by atoms with van der Waals surface area (Å²) < 4.78 is 37.5. The van der Waals surface area contributed by atoms with Gasteiger partial charge in [-0.3, -0.25) is 0 Å². The van der Waals surface area contributed by atoms with E-state index in [2.05, 4.69) is 4.72 Å². The lowest BCUT2D eigenvalue weighted by Gasteiger charge is -2.25. The average Bonchev–Trinajstić information content (AvgIpc) is 2.95. The SMILES string of the molecule is COC1(CNS(=O)(=O)c2cccc(C(=O)O)c2)CCOC1. The Labute approximate surface area is 122 Å². The molecule has 1 fully saturated rings. The first-order valence-corrected chi connectivity index (χ1v) is 7.83. The Morgan fingerprint density at radius 1 is 1.52 bits per heavy atom. The molecule has 1 atom stereocenters. The van der Waals surface area contributed by atoms with E-state index in [1.165, 1.54) is 25.3 Å². The second-order valence-corrected chi connectivity index (χ2v) is 6.61. The Kier molecular flexibility index (Phi) is 4.62. The third kappa shape index (κ3) is 3.59. The molecule has 0 radical (unpaired) electrons. The van der Waals surface area contributed by atoms with Crippen LogP contribution >= 0.6 is 0 Å². The molecule has 8 heteroatoms. The molecule has 2 rings (SSSR count). The van der Waals surface area contributed by atoms with E-state index in [0.29, 0.717) is 19.6 Å². The summed E-state index contributed by atoms with van der Waals surface area (Å²) in [5.41, 5.74) is -0.749. The van der Waals surface area contributed by atoms with Gasteiger partial charge in [0.05, 0.1) is 17.1 Å². The van der Waals surface area contributed by atoms with Gasteiger partial charge < -0.3 is 14.6 Å². The number of benzene rings is 1. The third-order valence-corrected chi connectivity index (χ3v) is 4.87. The number of carboxylic acids is 1. The number of ether oxygens (including phenoxy) is 2. The van der Waals surface area contributed by atoms with Crippen LogP contribution in [0.5, 0.6) is 0 Å². The Morgan fingerprint density at radius 2 is 2.29 bits per heavy atom. The van der Waals surface area contributed by atoms with Crippen LogP contribution in [0.15, 0.2) is 29.2 Å². The number of nitrogens with one attached hydrogen (secondary N) is 1. The molecule has 0 spiro atoms. The van der Waals surface area contributed by atoms with E-state index in [0.717, 1.165) is 6.07 Å². The van der Waals surface area contributed by atoms with Crippen LogP contribution in [0.1, 0.15) is 16.8 Å². The standard InChI is InChI=1S/C13H17NO6S/c1-19-13(5-6-20-9-13)8-14-21(17,18)11-4-2-3-10(7-11)12(15)16/h2-4,7,14H,5-6,8-9H2,1H3,(H,15,16). The molecule has 0 aliphatic carbocycles. The Balaban J connectivity index is 2.15. The zero-order chi connectivity index (χ0) is 15.5. The van der Waals surface area contributed by atoms with Gasteiger partial charge in [0.15, 0.2) is 0 Å². The molecular weight excluding hydrogens is 298 g/mol. The highest BCUT2D eigenvalue weighted by atomic mass is 32.2. The van der Waals surface area contributed by atoms with Gasteiger partial charge in [0.1, 0.15) is 5.60 Å². The van der Waals surface area contributed by atoms with Crippen molar-refractivity contribution in [1.82, 2.24) is 4.72 Å². The minimum Gasteiger partial charge on any atom is -0.478 e. The number of carbonyl (C=O) groups is 1. The number of rotatable bonds is 6. The molecule has 1 aromatic carbocycles. The number of hydrogen-bond donors (Lipinski definition) is 2. The number of aromatic carboxylic acids is 1. The zero-order valence-electron chi connectivity index (χ0n) is 11.5. The first kappa shape index (κ1) is 15.9. The smallest absolute Gasteiger partial charge is 0.335 e. The molecule has 1 aliphatic heterocycles. The molecule has 2 N–H and O–H groups in total. The van der Waals surface area contributed by atoms with Crippen molar-refractivity contribution < 1.29 is 27.8 Å². The molecule has 0 bridgehead atoms. The lowest BCUT2D eigenvalue weighted by atomic mass is 10.0. The van der Waals surface area contributed by atoms with Gasteiger partial charge in [0.2, 0.25) is 10.0 Å². The van der Waals surface area contributed by atoms with Gasteiger partial charge in [0.25, 0.3) is 0 Å². The summed E-state index contributed by atoms with van der Waals surface area (Å²) in [5, 5.41) is 8.90. The van der Waals surface area contributed by atoms with Crippen LogP contribution in [0.4, 0.5) is 0 Å². The molecule has 1 saturated heterocycles. The van der Waals surface area contributed by atoms with Gasteiger partial charge in [0, 0.05) is 26.7 Å². The molecule has 1 heterocycles. The molecule has 0 saturated carbocycles. The highest BCUT2D eigenvalue weighted by Crippen LogP contribution is 2.22. The molecule has 21 heavy (non-hydrogen) atoms. The van der Waals surface area contributed by atoms with Gasteiger partial charge in [-0.2, -0.15) is 0 Å². The maximum absolute atomic E-state index is 12.2. The monoisotopic (exact) mass is 315 g/mol. The number of sulfonamides is 1. The van der Waals surface area contributed by atoms with E-state index in [1.54, 1.807) is 0 Å². The second-order valence-electron chi connectivity index (χ2n) is 4.85. The van der Waals surface area contributed by atoms with Gasteiger partial charge >= 0.3 is 5.97 Å². The van der Waals surface area contributed by atoms with Gasteiger partial charge in [-0.1, -0.05) is 6.07 Å². The van der Waals surface area contributed by atoms with Gasteiger partial charge in [-0.05, 0) is 18.2 Å². The van der Waals surface area contributed by atoms with Crippen molar-refractivity contribution in [3.05, 3.63) is 29.8 Å². The van der Waals surface area contributed by atoms with Crippen LogP contribution in [0.25, 0.3) is 0 Å². The van der Waals surface area contributed by atoms with Crippen LogP contribution < -0.4 is 4.72 Å². The van der Waals surface area contributed by atoms with Crippen molar-refractivity contribution in [3.8, 4) is 0 Å². The van der Waals surface area contributed by atoms with E-state index in [9.17, 15) is 13.2 Å². The largest absolute Gasteiger partial charge is 0.478 e. The number of carboxylic acid groups (broad SMARTS) is 1. The van der Waals surface area contributed by atoms with Crippen molar-refractivity contribution in [2.45, 2.75) is 16.9 Å². The predicted molar refractivity (Wildman–Crippen MR) is 73.8 cm³/mol. The van der Waals surface area contributed by atoms with Crippen molar-refractivity contribution in [2.75, 3.05) is 26.9 Å². The molecule has 0 aromatic heterocycles. The summed E-state index contributed by atoms with van der Waals surface area (Å²) in [6.45, 7) is 0.911. The molecule has 0 amide bonds. The van der Waals surface area contributed by atoms with Crippen molar-refractivity contribution >= 4 is 16.0 Å². The highest BCUT2D eigenvalue weighted by Gasteiger charge is 2.36. The fourth-order valence-electron chi connectivity index (χ4n) is 2.07. The Bertz CT molecular complexity index is 621. The zero-order valence-corrected chi connectivity index (χ0v) is 12.4. The number of methoxy groups -OCH3 is 1. The maximum Gasteiger partial charge on any atom is 0.335 e. The van der Waals surface area contributed by atoms with Crippen molar-refractivity contribution in [3.63, 3.8) is 0 Å². The summed E-state index contributed by atoms with van der Waals surface area (Å²) in [6, 6.07) is 5.19. The van der Waals surface area contributed by atoms with Crippen LogP contribution in [0.3, 0.4) is 0 Å². The van der Waals surface area contributed by atoms with Crippen LogP contribution in [-0.4, -0.2) is 52.0 Å². The predicted octanol–water partition coefficient (Wildman–Crippen LogP) is 0.469. The van der Waals surface area contributed by atoms with Crippen LogP contribution in [0, 0.1) is 0 Å². The van der Waals surface area contributed by atoms with Crippen LogP contribution in [-0.2, 0) is 19.5 Å². The molecule has 7 nitrogen and oxygen atoms in total. The normalized spacial score (nSPS) is 22.3. The minimum atomic E-state index is -3.80. The minimum absolute atomic E-state index is 0.0726. The Hall–Kier alpha value is -1.48. The van der Waals surface area contributed by atoms with E-state index in [1.807, 2.05) is 0 Å². The molecule has 1 unspecified atom stereocenters. The maximum atomic E-state index is 12.2. The quantitative estimate of drug-likeness (QED) is 0.791. The molecule has 1 aliphatic rings. The first-order chi connectivity index (χ1) is 9.88. The summed E-state index contributed by atoms with van der Waals surface area (Å²) in [7, 11) is -2.29. The lowest BCUT2D eigenvalue weighted by molar-refractivity contribution is -0.0120. The molecule has 1 aromatic rings. The average molecular weight is 315 g/mol. The van der Waals surface area contributed by atoms with E-state index >= 15 is 0 Å². The molecule has 116 valence electrons. The highest BCUT2D eigenvalue weighted by molar-refractivity contribution is 7.89. The van der Waals surface area contributed by atoms with Gasteiger partial charge in [-0.25, -0.2) is 17.9 Å². The molecular formula is C13H17NO6S. The Morgan fingerprint density at radius 3 is 2.86 bits per heavy atom. The fourth-order valence-corrected chi connectivity index (χ4v) is 3.23. The van der Waals surface area contributed by atoms with E-state index in [-0.39, 0.29) is 17.0 Å². The summed E-state index contributed by atoms with van der Waals surface area (Å²) in [4.78, 5) is 10.8. The van der Waals surface area contributed by atoms with Gasteiger partial charge in [-0.15, -0.1) is 0 Å². The fraction of sp³-hybridized carbons (Fsp3) is 0.462. The number of hydrogen-bond acceptors (Lipinski definition) is 5. The summed E-state index contributed by atoms with van der Waals surface area (Å²) in [5.74, 6) is -1.18. The summed E-state index contributed by atoms with van der Waals surface area (Å²) >= 11 is 0.